The number of benzene rings is 1. The largest absolute Gasteiger partial charge is 0.492 e. The zero-order chi connectivity index (χ0) is 14.4. The number of rotatable bonds is 5. The SMILES string of the molecule is CCOc1ccc(CNC(=O)c2cccnc2)cc1Cl. The van der Waals surface area contributed by atoms with Crippen LogP contribution in [0.3, 0.4) is 0 Å². The first kappa shape index (κ1) is 14.3. The lowest BCUT2D eigenvalue weighted by molar-refractivity contribution is 0.0950. The van der Waals surface area contributed by atoms with Crippen molar-refractivity contribution in [1.29, 1.82) is 0 Å². The number of ether oxygens (including phenoxy) is 1. The fourth-order valence-corrected chi connectivity index (χ4v) is 1.97. The number of aromatic nitrogens is 1. The minimum Gasteiger partial charge on any atom is -0.492 e. The van der Waals surface area contributed by atoms with E-state index in [1.54, 1.807) is 30.5 Å². The Hall–Kier alpha value is -2.07. The van der Waals surface area contributed by atoms with Crippen LogP contribution in [0.25, 0.3) is 0 Å². The van der Waals surface area contributed by atoms with Crippen molar-refractivity contribution in [1.82, 2.24) is 10.3 Å². The molecule has 20 heavy (non-hydrogen) atoms. The Morgan fingerprint density at radius 2 is 2.25 bits per heavy atom. The molecule has 0 bridgehead atoms. The highest BCUT2D eigenvalue weighted by atomic mass is 35.5. The van der Waals surface area contributed by atoms with Crippen LogP contribution in [0.4, 0.5) is 0 Å². The minimum atomic E-state index is -0.164. The van der Waals surface area contributed by atoms with Gasteiger partial charge >= 0.3 is 0 Å². The number of hydrogen-bond acceptors (Lipinski definition) is 3. The van der Waals surface area contributed by atoms with Gasteiger partial charge in [0, 0.05) is 18.9 Å². The van der Waals surface area contributed by atoms with Gasteiger partial charge in [-0.05, 0) is 36.8 Å². The van der Waals surface area contributed by atoms with Crippen molar-refractivity contribution in [2.45, 2.75) is 13.5 Å². The zero-order valence-electron chi connectivity index (χ0n) is 11.1. The van der Waals surface area contributed by atoms with Gasteiger partial charge in [-0.2, -0.15) is 0 Å². The van der Waals surface area contributed by atoms with Crippen LogP contribution in [0.1, 0.15) is 22.8 Å². The van der Waals surface area contributed by atoms with E-state index in [2.05, 4.69) is 10.3 Å². The molecule has 1 aromatic carbocycles. The standard InChI is InChI=1S/C15H15ClN2O2/c1-2-20-14-6-5-11(8-13(14)16)9-18-15(19)12-4-3-7-17-10-12/h3-8,10H,2,9H2,1H3,(H,18,19). The van der Waals surface area contributed by atoms with E-state index < -0.39 is 0 Å². The topological polar surface area (TPSA) is 51.2 Å². The molecule has 0 radical (unpaired) electrons. The normalized spacial score (nSPS) is 10.1. The average molecular weight is 291 g/mol. The summed E-state index contributed by atoms with van der Waals surface area (Å²) in [4.78, 5) is 15.8. The predicted molar refractivity (Wildman–Crippen MR) is 78.0 cm³/mol. The molecular weight excluding hydrogens is 276 g/mol. The van der Waals surface area contributed by atoms with E-state index in [4.69, 9.17) is 16.3 Å². The molecule has 104 valence electrons. The smallest absolute Gasteiger partial charge is 0.253 e. The predicted octanol–water partition coefficient (Wildman–Crippen LogP) is 3.06. The molecule has 2 rings (SSSR count). The molecule has 1 heterocycles. The van der Waals surface area contributed by atoms with Crippen molar-refractivity contribution in [3.8, 4) is 5.75 Å². The van der Waals surface area contributed by atoms with E-state index in [9.17, 15) is 4.79 Å². The molecule has 0 aliphatic rings. The first-order valence-corrected chi connectivity index (χ1v) is 6.68. The molecule has 0 saturated heterocycles. The quantitative estimate of drug-likeness (QED) is 0.921. The molecule has 1 amide bonds. The summed E-state index contributed by atoms with van der Waals surface area (Å²) in [6.45, 7) is 2.87. The maximum Gasteiger partial charge on any atom is 0.253 e. The summed E-state index contributed by atoms with van der Waals surface area (Å²) >= 11 is 6.09. The number of nitrogens with zero attached hydrogens (tertiary/aromatic N) is 1. The van der Waals surface area contributed by atoms with Crippen LogP contribution in [0.5, 0.6) is 5.75 Å². The Balaban J connectivity index is 1.97. The maximum atomic E-state index is 11.9. The molecule has 0 saturated carbocycles. The van der Waals surface area contributed by atoms with Gasteiger partial charge in [0.25, 0.3) is 5.91 Å². The summed E-state index contributed by atoms with van der Waals surface area (Å²) in [5.41, 5.74) is 1.44. The maximum absolute atomic E-state index is 11.9. The number of pyridine rings is 1. The van der Waals surface area contributed by atoms with Crippen molar-refractivity contribution in [3.63, 3.8) is 0 Å². The van der Waals surface area contributed by atoms with Crippen LogP contribution in [0.2, 0.25) is 5.02 Å². The average Bonchev–Trinajstić information content (AvgIpc) is 2.48. The Morgan fingerprint density at radius 1 is 1.40 bits per heavy atom. The van der Waals surface area contributed by atoms with Gasteiger partial charge < -0.3 is 10.1 Å². The Labute approximate surface area is 122 Å². The molecule has 0 aliphatic heterocycles. The first-order chi connectivity index (χ1) is 9.70. The van der Waals surface area contributed by atoms with Gasteiger partial charge in [-0.25, -0.2) is 0 Å². The lowest BCUT2D eigenvalue weighted by Crippen LogP contribution is -2.22. The summed E-state index contributed by atoms with van der Waals surface area (Å²) in [7, 11) is 0. The second kappa shape index (κ2) is 6.91. The van der Waals surface area contributed by atoms with Crippen molar-refractivity contribution >= 4 is 17.5 Å². The van der Waals surface area contributed by atoms with Crippen molar-refractivity contribution < 1.29 is 9.53 Å². The molecule has 1 aromatic heterocycles. The number of halogens is 1. The van der Waals surface area contributed by atoms with E-state index in [1.807, 2.05) is 13.0 Å². The van der Waals surface area contributed by atoms with Gasteiger partial charge in [0.15, 0.2) is 0 Å². The lowest BCUT2D eigenvalue weighted by Gasteiger charge is -2.09. The van der Waals surface area contributed by atoms with E-state index >= 15 is 0 Å². The van der Waals surface area contributed by atoms with Crippen LogP contribution in [0.15, 0.2) is 42.7 Å². The summed E-state index contributed by atoms with van der Waals surface area (Å²) in [6.07, 6.45) is 3.16. The molecular formula is C15H15ClN2O2. The first-order valence-electron chi connectivity index (χ1n) is 6.30. The molecule has 2 aromatic rings. The van der Waals surface area contributed by atoms with Crippen molar-refractivity contribution in [2.24, 2.45) is 0 Å². The van der Waals surface area contributed by atoms with Gasteiger partial charge in [0.05, 0.1) is 17.2 Å². The molecule has 4 nitrogen and oxygen atoms in total. The van der Waals surface area contributed by atoms with E-state index in [0.29, 0.717) is 29.5 Å². The lowest BCUT2D eigenvalue weighted by atomic mass is 10.2. The third-order valence-corrected chi connectivity index (χ3v) is 2.97. The van der Waals surface area contributed by atoms with E-state index in [-0.39, 0.29) is 5.91 Å². The van der Waals surface area contributed by atoms with E-state index in [1.165, 1.54) is 6.20 Å². The Bertz CT molecular complexity index is 588. The van der Waals surface area contributed by atoms with Crippen molar-refractivity contribution in [2.75, 3.05) is 6.61 Å². The highest BCUT2D eigenvalue weighted by Crippen LogP contribution is 2.25. The van der Waals surface area contributed by atoms with Gasteiger partial charge in [0.2, 0.25) is 0 Å². The molecule has 0 aliphatic carbocycles. The highest BCUT2D eigenvalue weighted by molar-refractivity contribution is 6.32. The van der Waals surface area contributed by atoms with Gasteiger partial charge in [-0.15, -0.1) is 0 Å². The minimum absolute atomic E-state index is 0.164. The number of carbonyl (C=O) groups is 1. The number of amides is 1. The van der Waals surface area contributed by atoms with Crippen LogP contribution < -0.4 is 10.1 Å². The molecule has 0 unspecified atom stereocenters. The third-order valence-electron chi connectivity index (χ3n) is 2.67. The fraction of sp³-hybridized carbons (Fsp3) is 0.200. The monoisotopic (exact) mass is 290 g/mol. The van der Waals surface area contributed by atoms with Crippen LogP contribution in [-0.4, -0.2) is 17.5 Å². The van der Waals surface area contributed by atoms with Crippen LogP contribution in [-0.2, 0) is 6.54 Å². The molecule has 0 fully saturated rings. The molecule has 1 N–H and O–H groups in total. The number of hydrogen-bond donors (Lipinski definition) is 1. The summed E-state index contributed by atoms with van der Waals surface area (Å²) in [6, 6.07) is 8.91. The second-order valence-corrected chi connectivity index (χ2v) is 4.53. The molecule has 0 spiro atoms. The molecule has 5 heteroatoms. The highest BCUT2D eigenvalue weighted by Gasteiger charge is 2.06. The number of nitrogens with one attached hydrogen (secondary N) is 1. The molecule has 0 atom stereocenters. The Morgan fingerprint density at radius 3 is 2.90 bits per heavy atom. The third kappa shape index (κ3) is 3.71. The van der Waals surface area contributed by atoms with Crippen LogP contribution >= 0.6 is 11.6 Å². The van der Waals surface area contributed by atoms with Crippen molar-refractivity contribution in [3.05, 3.63) is 58.9 Å². The fourth-order valence-electron chi connectivity index (χ4n) is 1.71. The number of carbonyl (C=O) groups excluding carboxylic acids is 1. The second-order valence-electron chi connectivity index (χ2n) is 4.12. The van der Waals surface area contributed by atoms with Gasteiger partial charge in [0.1, 0.15) is 5.75 Å². The summed E-state index contributed by atoms with van der Waals surface area (Å²) in [5.74, 6) is 0.486. The summed E-state index contributed by atoms with van der Waals surface area (Å²) < 4.78 is 5.36. The summed E-state index contributed by atoms with van der Waals surface area (Å²) in [5, 5.41) is 3.36. The van der Waals surface area contributed by atoms with Crippen LogP contribution in [0, 0.1) is 0 Å². The van der Waals surface area contributed by atoms with E-state index in [0.717, 1.165) is 5.56 Å². The Kier molecular flexibility index (Phi) is 4.96. The van der Waals surface area contributed by atoms with Gasteiger partial charge in [-0.1, -0.05) is 17.7 Å². The van der Waals surface area contributed by atoms with Gasteiger partial charge in [-0.3, -0.25) is 9.78 Å². The zero-order valence-corrected chi connectivity index (χ0v) is 11.9.